The second-order valence-corrected chi connectivity index (χ2v) is 5.23. The molecule has 2 atom stereocenters. The highest BCUT2D eigenvalue weighted by molar-refractivity contribution is 5.77. The molecule has 0 spiro atoms. The fourth-order valence-electron chi connectivity index (χ4n) is 2.45. The minimum Gasteiger partial charge on any atom is -0.367 e. The van der Waals surface area contributed by atoms with Crippen molar-refractivity contribution < 1.29 is 9.53 Å². The lowest BCUT2D eigenvalue weighted by Gasteiger charge is -2.22. The van der Waals surface area contributed by atoms with Gasteiger partial charge in [-0.05, 0) is 25.7 Å². The molecule has 18 heavy (non-hydrogen) atoms. The van der Waals surface area contributed by atoms with E-state index in [4.69, 9.17) is 10.5 Å². The molecule has 0 heterocycles. The summed E-state index contributed by atoms with van der Waals surface area (Å²) in [4.78, 5) is 11.7. The Morgan fingerprint density at radius 2 is 1.94 bits per heavy atom. The average molecular weight is 256 g/mol. The zero-order valence-electron chi connectivity index (χ0n) is 11.8. The lowest BCUT2D eigenvalue weighted by atomic mass is 10.1. The normalized spacial score (nSPS) is 24.9. The van der Waals surface area contributed by atoms with Crippen LogP contribution in [-0.4, -0.2) is 30.7 Å². The van der Waals surface area contributed by atoms with Crippen molar-refractivity contribution in [2.45, 2.75) is 77.0 Å². The second kappa shape index (κ2) is 8.48. The molecule has 1 aliphatic carbocycles. The number of nitrogens with one attached hydrogen (secondary N) is 1. The minimum absolute atomic E-state index is 0.0138. The number of nitrogens with two attached hydrogens (primary N) is 1. The van der Waals surface area contributed by atoms with Crippen LogP contribution in [-0.2, 0) is 9.53 Å². The smallest absolute Gasteiger partial charge is 0.246 e. The summed E-state index contributed by atoms with van der Waals surface area (Å²) in [5, 5.41) is 2.98. The van der Waals surface area contributed by atoms with Gasteiger partial charge in [0.1, 0.15) is 6.61 Å². The summed E-state index contributed by atoms with van der Waals surface area (Å²) < 4.78 is 5.69. The molecule has 106 valence electrons. The first-order valence-electron chi connectivity index (χ1n) is 7.33. The van der Waals surface area contributed by atoms with E-state index in [1.165, 1.54) is 12.8 Å². The number of ether oxygens (including phenoxy) is 1. The molecular weight excluding hydrogens is 228 g/mol. The van der Waals surface area contributed by atoms with Gasteiger partial charge in [0.25, 0.3) is 0 Å². The maximum Gasteiger partial charge on any atom is 0.246 e. The molecular formula is C14H28N2O2. The van der Waals surface area contributed by atoms with Gasteiger partial charge in [0.2, 0.25) is 5.91 Å². The molecule has 1 aliphatic rings. The molecule has 0 radical (unpaired) electrons. The number of hydrogen-bond donors (Lipinski definition) is 2. The first-order chi connectivity index (χ1) is 8.67. The van der Waals surface area contributed by atoms with E-state index < -0.39 is 0 Å². The molecule has 4 heteroatoms. The Bertz CT molecular complexity index is 242. The van der Waals surface area contributed by atoms with Gasteiger partial charge in [0.15, 0.2) is 0 Å². The molecule has 1 fully saturated rings. The van der Waals surface area contributed by atoms with E-state index in [-0.39, 0.29) is 30.7 Å². The first kappa shape index (κ1) is 15.4. The zero-order chi connectivity index (χ0) is 13.4. The van der Waals surface area contributed by atoms with Crippen LogP contribution in [0.4, 0.5) is 0 Å². The van der Waals surface area contributed by atoms with Crippen molar-refractivity contribution in [3.63, 3.8) is 0 Å². The van der Waals surface area contributed by atoms with Gasteiger partial charge in [-0.25, -0.2) is 0 Å². The van der Waals surface area contributed by atoms with Gasteiger partial charge in [-0.15, -0.1) is 0 Å². The van der Waals surface area contributed by atoms with Crippen LogP contribution in [0.2, 0.25) is 0 Å². The predicted molar refractivity (Wildman–Crippen MR) is 73.3 cm³/mol. The van der Waals surface area contributed by atoms with Crippen LogP contribution >= 0.6 is 0 Å². The van der Waals surface area contributed by atoms with Crippen LogP contribution in [0, 0.1) is 0 Å². The summed E-state index contributed by atoms with van der Waals surface area (Å²) in [6.45, 7) is 4.31. The summed E-state index contributed by atoms with van der Waals surface area (Å²) in [6.07, 6.45) is 7.55. The van der Waals surface area contributed by atoms with Gasteiger partial charge in [-0.3, -0.25) is 4.79 Å². The van der Waals surface area contributed by atoms with Gasteiger partial charge in [0.05, 0.1) is 6.10 Å². The van der Waals surface area contributed by atoms with Gasteiger partial charge in [-0.1, -0.05) is 33.1 Å². The minimum atomic E-state index is -0.0138. The Kier molecular flexibility index (Phi) is 7.28. The molecule has 1 amide bonds. The third kappa shape index (κ3) is 5.36. The number of amides is 1. The number of hydrogen-bond acceptors (Lipinski definition) is 3. The summed E-state index contributed by atoms with van der Waals surface area (Å²) in [6, 6.07) is 0.359. The number of carbonyl (C=O) groups excluding carboxylic acids is 1. The molecule has 0 aliphatic heterocycles. The van der Waals surface area contributed by atoms with Gasteiger partial charge < -0.3 is 15.8 Å². The Labute approximate surface area is 111 Å². The quantitative estimate of drug-likeness (QED) is 0.714. The average Bonchev–Trinajstić information content (AvgIpc) is 2.58. The van der Waals surface area contributed by atoms with Gasteiger partial charge in [-0.2, -0.15) is 0 Å². The highest BCUT2D eigenvalue weighted by Gasteiger charge is 2.22. The predicted octanol–water partition coefficient (Wildman–Crippen LogP) is 1.97. The topological polar surface area (TPSA) is 64.3 Å². The Morgan fingerprint density at radius 1 is 1.28 bits per heavy atom. The molecule has 0 aromatic carbocycles. The summed E-state index contributed by atoms with van der Waals surface area (Å²) in [5.41, 5.74) is 6.06. The van der Waals surface area contributed by atoms with E-state index in [1.54, 1.807) is 0 Å². The van der Waals surface area contributed by atoms with E-state index in [0.717, 1.165) is 32.1 Å². The number of carbonyl (C=O) groups is 1. The highest BCUT2D eigenvalue weighted by atomic mass is 16.5. The third-order valence-corrected chi connectivity index (χ3v) is 3.78. The van der Waals surface area contributed by atoms with E-state index in [0.29, 0.717) is 0 Å². The van der Waals surface area contributed by atoms with E-state index >= 15 is 0 Å². The fraction of sp³-hybridized carbons (Fsp3) is 0.929. The molecule has 1 rings (SSSR count). The Hall–Kier alpha value is -0.610. The SMILES string of the molecule is CCC(CC)NC(=O)COC1CCCCCC1N. The molecule has 0 bridgehead atoms. The maximum absolute atomic E-state index is 11.7. The fourth-order valence-corrected chi connectivity index (χ4v) is 2.45. The van der Waals surface area contributed by atoms with Crippen molar-refractivity contribution in [1.82, 2.24) is 5.32 Å². The van der Waals surface area contributed by atoms with Crippen LogP contribution in [0.1, 0.15) is 58.8 Å². The van der Waals surface area contributed by atoms with Crippen LogP contribution in [0.25, 0.3) is 0 Å². The lowest BCUT2D eigenvalue weighted by Crippen LogP contribution is -2.41. The Balaban J connectivity index is 2.27. The van der Waals surface area contributed by atoms with E-state index in [1.807, 2.05) is 0 Å². The molecule has 3 N–H and O–H groups in total. The summed E-state index contributed by atoms with van der Waals surface area (Å²) in [5.74, 6) is -0.0138. The van der Waals surface area contributed by atoms with E-state index in [2.05, 4.69) is 19.2 Å². The van der Waals surface area contributed by atoms with Crippen molar-refractivity contribution >= 4 is 5.91 Å². The molecule has 4 nitrogen and oxygen atoms in total. The highest BCUT2D eigenvalue weighted by Crippen LogP contribution is 2.19. The van der Waals surface area contributed by atoms with Gasteiger partial charge in [0, 0.05) is 12.1 Å². The van der Waals surface area contributed by atoms with Crippen LogP contribution in [0.15, 0.2) is 0 Å². The van der Waals surface area contributed by atoms with Crippen molar-refractivity contribution in [3.8, 4) is 0 Å². The zero-order valence-corrected chi connectivity index (χ0v) is 11.8. The summed E-state index contributed by atoms with van der Waals surface area (Å²) >= 11 is 0. The maximum atomic E-state index is 11.7. The molecule has 2 unspecified atom stereocenters. The largest absolute Gasteiger partial charge is 0.367 e. The second-order valence-electron chi connectivity index (χ2n) is 5.23. The molecule has 0 aromatic heterocycles. The Morgan fingerprint density at radius 3 is 2.61 bits per heavy atom. The molecule has 0 saturated heterocycles. The lowest BCUT2D eigenvalue weighted by molar-refractivity contribution is -0.129. The van der Waals surface area contributed by atoms with E-state index in [9.17, 15) is 4.79 Å². The van der Waals surface area contributed by atoms with Crippen LogP contribution in [0.3, 0.4) is 0 Å². The molecule has 0 aromatic rings. The van der Waals surface area contributed by atoms with Crippen molar-refractivity contribution in [2.75, 3.05) is 6.61 Å². The molecule has 1 saturated carbocycles. The summed E-state index contributed by atoms with van der Waals surface area (Å²) in [7, 11) is 0. The van der Waals surface area contributed by atoms with Crippen LogP contribution < -0.4 is 11.1 Å². The third-order valence-electron chi connectivity index (χ3n) is 3.78. The van der Waals surface area contributed by atoms with Crippen molar-refractivity contribution in [2.24, 2.45) is 5.73 Å². The van der Waals surface area contributed by atoms with Crippen LogP contribution in [0.5, 0.6) is 0 Å². The monoisotopic (exact) mass is 256 g/mol. The van der Waals surface area contributed by atoms with Crippen molar-refractivity contribution in [1.29, 1.82) is 0 Å². The standard InChI is InChI=1S/C14H28N2O2/c1-3-11(4-2)16-14(17)10-18-13-9-7-5-6-8-12(13)15/h11-13H,3-10,15H2,1-2H3,(H,16,17). The first-order valence-corrected chi connectivity index (χ1v) is 7.33. The number of rotatable bonds is 6. The van der Waals surface area contributed by atoms with Gasteiger partial charge >= 0.3 is 0 Å². The van der Waals surface area contributed by atoms with Crippen molar-refractivity contribution in [3.05, 3.63) is 0 Å².